The third kappa shape index (κ3) is 3.74. The van der Waals surface area contributed by atoms with Crippen molar-refractivity contribution in [2.24, 2.45) is 5.92 Å². The van der Waals surface area contributed by atoms with Gasteiger partial charge in [0.25, 0.3) is 0 Å². The minimum Gasteiger partial charge on any atom is -0.508 e. The van der Waals surface area contributed by atoms with E-state index in [1.807, 2.05) is 6.07 Å². The Kier molecular flexibility index (Phi) is 4.62. The molecule has 0 heterocycles. The lowest BCUT2D eigenvalue weighted by Gasteiger charge is -2.19. The zero-order valence-electron chi connectivity index (χ0n) is 10.5. The Hall–Kier alpha value is -1.22. The fraction of sp³-hybridized carbons (Fsp3) is 0.538. The maximum absolute atomic E-state index is 9.73. The second kappa shape index (κ2) is 5.75. The zero-order valence-corrected chi connectivity index (χ0v) is 10.5. The molecule has 0 aliphatic rings. The predicted molar refractivity (Wildman–Crippen MR) is 65.8 cm³/mol. The molecule has 0 saturated carbocycles. The number of benzene rings is 1. The van der Waals surface area contributed by atoms with Crippen molar-refractivity contribution in [3.05, 3.63) is 23.8 Å². The van der Waals surface area contributed by atoms with Crippen LogP contribution in [0.1, 0.15) is 19.4 Å². The van der Waals surface area contributed by atoms with Crippen molar-refractivity contribution >= 4 is 0 Å². The molecule has 1 N–H and O–H groups in total. The van der Waals surface area contributed by atoms with Gasteiger partial charge in [-0.15, -0.1) is 0 Å². The van der Waals surface area contributed by atoms with Gasteiger partial charge in [-0.1, -0.05) is 13.8 Å². The average Bonchev–Trinajstić information content (AvgIpc) is 2.20. The Morgan fingerprint density at radius 1 is 1.38 bits per heavy atom. The summed E-state index contributed by atoms with van der Waals surface area (Å²) < 4.78 is 5.14. The van der Waals surface area contributed by atoms with E-state index in [0.29, 0.717) is 11.7 Å². The molecule has 0 aliphatic carbocycles. The van der Waals surface area contributed by atoms with Gasteiger partial charge in [0.05, 0.1) is 7.11 Å². The SMILES string of the molecule is COc1ccc(O)c(CN(C)CC(C)C)c1. The van der Waals surface area contributed by atoms with Gasteiger partial charge >= 0.3 is 0 Å². The molecule has 1 aromatic carbocycles. The van der Waals surface area contributed by atoms with Crippen molar-refractivity contribution in [2.45, 2.75) is 20.4 Å². The highest BCUT2D eigenvalue weighted by molar-refractivity contribution is 5.39. The van der Waals surface area contributed by atoms with E-state index < -0.39 is 0 Å². The van der Waals surface area contributed by atoms with Crippen LogP contribution >= 0.6 is 0 Å². The van der Waals surface area contributed by atoms with Crippen LogP contribution < -0.4 is 4.74 Å². The Bertz CT molecular complexity index is 337. The smallest absolute Gasteiger partial charge is 0.120 e. The van der Waals surface area contributed by atoms with Crippen molar-refractivity contribution in [3.63, 3.8) is 0 Å². The van der Waals surface area contributed by atoms with Crippen LogP contribution in [0.4, 0.5) is 0 Å². The first-order valence-electron chi connectivity index (χ1n) is 5.57. The molecule has 3 nitrogen and oxygen atoms in total. The van der Waals surface area contributed by atoms with Crippen LogP contribution in [0, 0.1) is 5.92 Å². The Balaban J connectivity index is 2.71. The molecule has 0 radical (unpaired) electrons. The number of phenols is 1. The van der Waals surface area contributed by atoms with Crippen molar-refractivity contribution in [2.75, 3.05) is 20.7 Å². The van der Waals surface area contributed by atoms with Crippen LogP contribution in [-0.4, -0.2) is 30.7 Å². The van der Waals surface area contributed by atoms with E-state index in [0.717, 1.165) is 24.4 Å². The second-order valence-corrected chi connectivity index (χ2v) is 4.59. The Morgan fingerprint density at radius 2 is 2.06 bits per heavy atom. The van der Waals surface area contributed by atoms with E-state index in [1.165, 1.54) is 0 Å². The fourth-order valence-corrected chi connectivity index (χ4v) is 1.79. The van der Waals surface area contributed by atoms with E-state index in [2.05, 4.69) is 25.8 Å². The van der Waals surface area contributed by atoms with Crippen LogP contribution in [0.25, 0.3) is 0 Å². The van der Waals surface area contributed by atoms with E-state index in [-0.39, 0.29) is 0 Å². The number of hydrogen-bond acceptors (Lipinski definition) is 3. The summed E-state index contributed by atoms with van der Waals surface area (Å²) in [6, 6.07) is 5.32. The first-order chi connectivity index (χ1) is 7.52. The summed E-state index contributed by atoms with van der Waals surface area (Å²) in [5.74, 6) is 1.74. The molecule has 0 aromatic heterocycles. The molecule has 0 spiro atoms. The lowest BCUT2D eigenvalue weighted by atomic mass is 10.1. The molecule has 0 atom stereocenters. The number of ether oxygens (including phenoxy) is 1. The van der Waals surface area contributed by atoms with Crippen LogP contribution in [0.15, 0.2) is 18.2 Å². The Labute approximate surface area is 97.7 Å². The molecule has 1 rings (SSSR count). The van der Waals surface area contributed by atoms with Crippen molar-refractivity contribution in [1.82, 2.24) is 4.90 Å². The predicted octanol–water partition coefficient (Wildman–Crippen LogP) is 2.49. The van der Waals surface area contributed by atoms with Gasteiger partial charge in [-0.3, -0.25) is 0 Å². The molecule has 16 heavy (non-hydrogen) atoms. The van der Waals surface area contributed by atoms with Crippen molar-refractivity contribution < 1.29 is 9.84 Å². The highest BCUT2D eigenvalue weighted by atomic mass is 16.5. The van der Waals surface area contributed by atoms with Gasteiger partial charge in [0, 0.05) is 18.7 Å². The number of methoxy groups -OCH3 is 1. The molecule has 0 fully saturated rings. The molecule has 3 heteroatoms. The van der Waals surface area contributed by atoms with Crippen molar-refractivity contribution in [3.8, 4) is 11.5 Å². The van der Waals surface area contributed by atoms with Gasteiger partial charge in [-0.05, 0) is 31.2 Å². The first kappa shape index (κ1) is 12.8. The summed E-state index contributed by atoms with van der Waals surface area (Å²) in [4.78, 5) is 2.19. The maximum atomic E-state index is 9.73. The largest absolute Gasteiger partial charge is 0.508 e. The summed E-state index contributed by atoms with van der Waals surface area (Å²) in [6.45, 7) is 6.11. The van der Waals surface area contributed by atoms with E-state index in [1.54, 1.807) is 19.2 Å². The standard InChI is InChI=1S/C13H21NO2/c1-10(2)8-14(3)9-11-7-12(16-4)5-6-13(11)15/h5-7,10,15H,8-9H2,1-4H3. The molecule has 0 amide bonds. The van der Waals surface area contributed by atoms with Gasteiger partial charge in [-0.2, -0.15) is 0 Å². The summed E-state index contributed by atoms with van der Waals surface area (Å²) in [6.07, 6.45) is 0. The number of hydrogen-bond donors (Lipinski definition) is 1. The lowest BCUT2D eigenvalue weighted by Crippen LogP contribution is -2.22. The molecule has 0 saturated heterocycles. The third-order valence-corrected chi connectivity index (χ3v) is 2.40. The molecule has 1 aromatic rings. The molecule has 0 unspecified atom stereocenters. The fourth-order valence-electron chi connectivity index (χ4n) is 1.79. The summed E-state index contributed by atoms with van der Waals surface area (Å²) in [5, 5.41) is 9.73. The van der Waals surface area contributed by atoms with Crippen LogP contribution in [-0.2, 0) is 6.54 Å². The molecule has 0 bridgehead atoms. The van der Waals surface area contributed by atoms with Gasteiger partial charge in [0.1, 0.15) is 11.5 Å². The highest BCUT2D eigenvalue weighted by Crippen LogP contribution is 2.23. The summed E-state index contributed by atoms with van der Waals surface area (Å²) >= 11 is 0. The topological polar surface area (TPSA) is 32.7 Å². The van der Waals surface area contributed by atoms with Gasteiger partial charge in [0.2, 0.25) is 0 Å². The number of rotatable bonds is 5. The van der Waals surface area contributed by atoms with Gasteiger partial charge in [-0.25, -0.2) is 0 Å². The molecular weight excluding hydrogens is 202 g/mol. The first-order valence-corrected chi connectivity index (χ1v) is 5.57. The van der Waals surface area contributed by atoms with Gasteiger partial charge in [0.15, 0.2) is 0 Å². The summed E-state index contributed by atoms with van der Waals surface area (Å²) in [5.41, 5.74) is 0.905. The molecular formula is C13H21NO2. The number of nitrogens with zero attached hydrogens (tertiary/aromatic N) is 1. The maximum Gasteiger partial charge on any atom is 0.120 e. The zero-order chi connectivity index (χ0) is 12.1. The van der Waals surface area contributed by atoms with E-state index in [9.17, 15) is 5.11 Å². The molecule has 90 valence electrons. The van der Waals surface area contributed by atoms with E-state index in [4.69, 9.17) is 4.74 Å². The summed E-state index contributed by atoms with van der Waals surface area (Å²) in [7, 11) is 3.69. The van der Waals surface area contributed by atoms with Crippen LogP contribution in [0.2, 0.25) is 0 Å². The monoisotopic (exact) mass is 223 g/mol. The molecule has 0 aliphatic heterocycles. The Morgan fingerprint density at radius 3 is 2.62 bits per heavy atom. The lowest BCUT2D eigenvalue weighted by molar-refractivity contribution is 0.283. The number of aromatic hydroxyl groups is 1. The van der Waals surface area contributed by atoms with Gasteiger partial charge < -0.3 is 14.7 Å². The number of phenolic OH excluding ortho intramolecular Hbond substituents is 1. The minimum absolute atomic E-state index is 0.330. The van der Waals surface area contributed by atoms with Crippen LogP contribution in [0.3, 0.4) is 0 Å². The van der Waals surface area contributed by atoms with E-state index >= 15 is 0 Å². The third-order valence-electron chi connectivity index (χ3n) is 2.40. The quantitative estimate of drug-likeness (QED) is 0.832. The van der Waals surface area contributed by atoms with Crippen molar-refractivity contribution in [1.29, 1.82) is 0 Å². The highest BCUT2D eigenvalue weighted by Gasteiger charge is 2.07. The minimum atomic E-state index is 0.330. The normalized spacial score (nSPS) is 11.1. The van der Waals surface area contributed by atoms with Crippen LogP contribution in [0.5, 0.6) is 11.5 Å². The second-order valence-electron chi connectivity index (χ2n) is 4.59. The average molecular weight is 223 g/mol.